The molecule has 2 fully saturated rings. The monoisotopic (exact) mass is 590 g/mol. The molecule has 0 radical (unpaired) electrons. The van der Waals surface area contributed by atoms with Gasteiger partial charge in [0.05, 0.1) is 18.0 Å². The molecule has 41 heavy (non-hydrogen) atoms. The Labute approximate surface area is 243 Å². The van der Waals surface area contributed by atoms with E-state index in [-0.39, 0.29) is 35.3 Å². The van der Waals surface area contributed by atoms with Crippen molar-refractivity contribution in [2.45, 2.75) is 71.5 Å². The van der Waals surface area contributed by atoms with Gasteiger partial charge in [-0.15, -0.1) is 0 Å². The molecule has 12 heteroatoms. The molecule has 1 saturated carbocycles. The van der Waals surface area contributed by atoms with Crippen LogP contribution >= 0.6 is 0 Å². The number of amides is 1. The van der Waals surface area contributed by atoms with Crippen molar-refractivity contribution in [2.75, 3.05) is 37.3 Å². The first-order chi connectivity index (χ1) is 19.4. The molecule has 2 atom stereocenters. The Hall–Kier alpha value is -2.83. The fourth-order valence-corrected chi connectivity index (χ4v) is 6.75. The summed E-state index contributed by atoms with van der Waals surface area (Å²) in [6.45, 7) is 10.8. The van der Waals surface area contributed by atoms with Crippen molar-refractivity contribution in [3.05, 3.63) is 42.1 Å². The van der Waals surface area contributed by atoms with Crippen molar-refractivity contribution in [1.82, 2.24) is 24.9 Å². The predicted octanol–water partition coefficient (Wildman–Crippen LogP) is 3.80. The zero-order chi connectivity index (χ0) is 29.7. The molecule has 1 saturated heterocycles. The molecule has 0 spiro atoms. The summed E-state index contributed by atoms with van der Waals surface area (Å²) in [5.41, 5.74) is 0.158. The van der Waals surface area contributed by atoms with E-state index in [1.54, 1.807) is 11.1 Å². The number of aromatic nitrogens is 2. The standard InChI is InChI=1S/C29H43FN6O4S/c1-6-36(19(2)3)29(37)24-13-22(30)9-12-26(24)40-27-15-31-18-33-28(27)35-16-20(4)25(17-35)32-14-21-7-10-23(11-8-21)34-41(5,38)39/h9,12-13,15,18-21,23,25,32,34H,6-8,10-11,14,16-17H2,1-5H3/t20?,21-,23-,25?. The number of carbonyl (C=O) groups is 1. The molecule has 2 N–H and O–H groups in total. The lowest BCUT2D eigenvalue weighted by atomic mass is 9.86. The smallest absolute Gasteiger partial charge is 0.257 e. The average Bonchev–Trinajstić information content (AvgIpc) is 3.29. The first-order valence-electron chi connectivity index (χ1n) is 14.5. The summed E-state index contributed by atoms with van der Waals surface area (Å²) in [5, 5.41) is 3.74. The Kier molecular flexibility index (Phi) is 10.2. The maximum atomic E-state index is 14.2. The van der Waals surface area contributed by atoms with Crippen LogP contribution in [0.25, 0.3) is 0 Å². The van der Waals surface area contributed by atoms with Crippen LogP contribution in [0.2, 0.25) is 0 Å². The normalized spacial score (nSPS) is 23.1. The van der Waals surface area contributed by atoms with Crippen LogP contribution in [0.3, 0.4) is 0 Å². The molecule has 10 nitrogen and oxygen atoms in total. The molecule has 1 aromatic heterocycles. The summed E-state index contributed by atoms with van der Waals surface area (Å²) in [7, 11) is -3.17. The van der Waals surface area contributed by atoms with Gasteiger partial charge in [-0.05, 0) is 83.0 Å². The topological polar surface area (TPSA) is 117 Å². The number of sulfonamides is 1. The van der Waals surface area contributed by atoms with Crippen molar-refractivity contribution in [1.29, 1.82) is 0 Å². The van der Waals surface area contributed by atoms with E-state index >= 15 is 0 Å². The second kappa shape index (κ2) is 13.4. The first kappa shape index (κ1) is 31.1. The molecule has 2 heterocycles. The van der Waals surface area contributed by atoms with Gasteiger partial charge in [0.2, 0.25) is 10.0 Å². The zero-order valence-corrected chi connectivity index (χ0v) is 25.5. The van der Waals surface area contributed by atoms with Crippen LogP contribution in [0.1, 0.15) is 63.7 Å². The second-order valence-electron chi connectivity index (χ2n) is 11.6. The van der Waals surface area contributed by atoms with Crippen LogP contribution < -0.4 is 19.7 Å². The highest BCUT2D eigenvalue weighted by molar-refractivity contribution is 7.88. The van der Waals surface area contributed by atoms with E-state index in [4.69, 9.17) is 4.74 Å². The minimum absolute atomic E-state index is 0.0330. The summed E-state index contributed by atoms with van der Waals surface area (Å²) in [6, 6.07) is 4.21. The van der Waals surface area contributed by atoms with E-state index in [0.29, 0.717) is 29.9 Å². The molecule has 2 aromatic rings. The Balaban J connectivity index is 1.42. The Morgan fingerprint density at radius 3 is 2.59 bits per heavy atom. The number of nitrogens with one attached hydrogen (secondary N) is 2. The minimum Gasteiger partial charge on any atom is -0.451 e. The highest BCUT2D eigenvalue weighted by Gasteiger charge is 2.33. The third-order valence-corrected chi connectivity index (χ3v) is 8.85. The molecular formula is C29H43FN6O4S. The van der Waals surface area contributed by atoms with Crippen LogP contribution in [0.5, 0.6) is 11.5 Å². The maximum Gasteiger partial charge on any atom is 0.257 e. The molecule has 2 unspecified atom stereocenters. The van der Waals surface area contributed by atoms with Crippen molar-refractivity contribution in [3.8, 4) is 11.5 Å². The molecule has 0 bridgehead atoms. The van der Waals surface area contributed by atoms with E-state index in [2.05, 4.69) is 31.8 Å². The number of halogens is 1. The number of rotatable bonds is 11. The highest BCUT2D eigenvalue weighted by atomic mass is 32.2. The summed E-state index contributed by atoms with van der Waals surface area (Å²) in [5.74, 6) is 1.35. The SMILES string of the molecule is CCN(C(=O)c1cc(F)ccc1Oc1cncnc1N1CC(C)C(NC[C@H]2CC[C@H](NS(C)(=O)=O)CC2)C1)C(C)C. The number of carbonyl (C=O) groups excluding carboxylic acids is 1. The number of hydrogen-bond donors (Lipinski definition) is 2. The molecule has 4 rings (SSSR count). The lowest BCUT2D eigenvalue weighted by Gasteiger charge is -2.30. The Morgan fingerprint density at radius 2 is 1.93 bits per heavy atom. The fourth-order valence-electron chi connectivity index (χ4n) is 5.91. The average molecular weight is 591 g/mol. The van der Waals surface area contributed by atoms with Gasteiger partial charge in [-0.3, -0.25) is 4.79 Å². The van der Waals surface area contributed by atoms with Crippen LogP contribution in [-0.2, 0) is 10.0 Å². The van der Waals surface area contributed by atoms with E-state index < -0.39 is 15.8 Å². The van der Waals surface area contributed by atoms with Gasteiger partial charge in [-0.1, -0.05) is 6.92 Å². The number of anilines is 1. The molecule has 1 aliphatic heterocycles. The Morgan fingerprint density at radius 1 is 1.20 bits per heavy atom. The number of benzene rings is 1. The molecule has 1 amide bonds. The van der Waals surface area contributed by atoms with Crippen LogP contribution in [-0.4, -0.2) is 79.8 Å². The van der Waals surface area contributed by atoms with Crippen LogP contribution in [0, 0.1) is 17.7 Å². The van der Waals surface area contributed by atoms with E-state index in [9.17, 15) is 17.6 Å². The summed E-state index contributed by atoms with van der Waals surface area (Å²) in [4.78, 5) is 25.8. The third kappa shape index (κ3) is 8.14. The van der Waals surface area contributed by atoms with Gasteiger partial charge in [-0.2, -0.15) is 0 Å². The molecule has 1 aromatic carbocycles. The quantitative estimate of drug-likeness (QED) is 0.406. The zero-order valence-electron chi connectivity index (χ0n) is 24.6. The van der Waals surface area contributed by atoms with E-state index in [1.165, 1.54) is 30.8 Å². The number of nitrogens with zero attached hydrogens (tertiary/aromatic N) is 4. The summed E-state index contributed by atoms with van der Waals surface area (Å²) < 4.78 is 46.3. The van der Waals surface area contributed by atoms with Crippen molar-refractivity contribution >= 4 is 21.7 Å². The number of hydrogen-bond acceptors (Lipinski definition) is 8. The van der Waals surface area contributed by atoms with Crippen LogP contribution in [0.4, 0.5) is 10.2 Å². The first-order valence-corrected chi connectivity index (χ1v) is 16.4. The lowest BCUT2D eigenvalue weighted by molar-refractivity contribution is 0.0713. The third-order valence-electron chi connectivity index (χ3n) is 8.08. The predicted molar refractivity (Wildman–Crippen MR) is 157 cm³/mol. The maximum absolute atomic E-state index is 14.2. The van der Waals surface area contributed by atoms with E-state index in [1.807, 2.05) is 20.8 Å². The van der Waals surface area contributed by atoms with Crippen molar-refractivity contribution in [3.63, 3.8) is 0 Å². The molecule has 2 aliphatic rings. The van der Waals surface area contributed by atoms with Crippen molar-refractivity contribution in [2.24, 2.45) is 11.8 Å². The van der Waals surface area contributed by atoms with Gasteiger partial charge in [0.1, 0.15) is 17.9 Å². The van der Waals surface area contributed by atoms with Crippen molar-refractivity contribution < 1.29 is 22.3 Å². The molecular weight excluding hydrogens is 547 g/mol. The lowest BCUT2D eigenvalue weighted by Crippen LogP contribution is -2.42. The van der Waals surface area contributed by atoms with Gasteiger partial charge in [0, 0.05) is 37.8 Å². The van der Waals surface area contributed by atoms with E-state index in [0.717, 1.165) is 45.3 Å². The number of ether oxygens (including phenoxy) is 1. The minimum atomic E-state index is -3.17. The van der Waals surface area contributed by atoms with Gasteiger partial charge >= 0.3 is 0 Å². The second-order valence-corrected chi connectivity index (χ2v) is 13.4. The van der Waals surface area contributed by atoms with Gasteiger partial charge in [-0.25, -0.2) is 27.5 Å². The van der Waals surface area contributed by atoms with Gasteiger partial charge < -0.3 is 19.9 Å². The Bertz CT molecular complexity index is 1300. The van der Waals surface area contributed by atoms with Gasteiger partial charge in [0.15, 0.2) is 11.6 Å². The molecule has 1 aliphatic carbocycles. The van der Waals surface area contributed by atoms with Crippen LogP contribution in [0.15, 0.2) is 30.7 Å². The highest BCUT2D eigenvalue weighted by Crippen LogP contribution is 2.35. The molecule has 226 valence electrons. The van der Waals surface area contributed by atoms with Gasteiger partial charge in [0.25, 0.3) is 5.91 Å². The summed E-state index contributed by atoms with van der Waals surface area (Å²) in [6.07, 6.45) is 7.95. The largest absolute Gasteiger partial charge is 0.451 e. The summed E-state index contributed by atoms with van der Waals surface area (Å²) >= 11 is 0. The fraction of sp³-hybridized carbons (Fsp3) is 0.621.